The molecule has 0 saturated carbocycles. The molecule has 2 N–H and O–H groups in total. The second-order valence-electron chi connectivity index (χ2n) is 14.3. The van der Waals surface area contributed by atoms with Crippen molar-refractivity contribution in [2.24, 2.45) is 5.73 Å². The molecule has 0 aromatic carbocycles. The second kappa shape index (κ2) is 38.2. The summed E-state index contributed by atoms with van der Waals surface area (Å²) >= 11 is 0. The molecule has 0 radical (unpaired) electrons. The summed E-state index contributed by atoms with van der Waals surface area (Å²) in [5, 5.41) is 0. The van der Waals surface area contributed by atoms with Gasteiger partial charge in [0.15, 0.2) is 5.79 Å². The fourth-order valence-corrected chi connectivity index (χ4v) is 6.78. The van der Waals surface area contributed by atoms with Gasteiger partial charge < -0.3 is 15.2 Å². The first kappa shape index (κ1) is 46.4. The van der Waals surface area contributed by atoms with Gasteiger partial charge in [-0.25, -0.2) is 0 Å². The molecular formula is C44H87NO2. The van der Waals surface area contributed by atoms with Crippen LogP contribution in [0.5, 0.6) is 0 Å². The molecular weight excluding hydrogens is 574 g/mol. The van der Waals surface area contributed by atoms with E-state index < -0.39 is 0 Å². The zero-order valence-corrected chi connectivity index (χ0v) is 32.8. The van der Waals surface area contributed by atoms with E-state index in [0.29, 0.717) is 0 Å². The molecule has 47 heavy (non-hydrogen) atoms. The number of hydrogen-bond donors (Lipinski definition) is 1. The lowest BCUT2D eigenvalue weighted by Gasteiger charge is -2.28. The van der Waals surface area contributed by atoms with E-state index in [2.05, 4.69) is 38.2 Å². The Morgan fingerprint density at radius 1 is 0.489 bits per heavy atom. The lowest BCUT2D eigenvalue weighted by Crippen LogP contribution is -2.31. The highest BCUT2D eigenvalue weighted by Crippen LogP contribution is 2.36. The summed E-state index contributed by atoms with van der Waals surface area (Å²) in [5.41, 5.74) is 5.78. The second-order valence-corrected chi connectivity index (χ2v) is 14.3. The third-order valence-corrected chi connectivity index (χ3v) is 9.78. The minimum absolute atomic E-state index is 0.247. The SMILES string of the molecule is CC.CCCCCCCC/C=C\CCCCCCCCC1(CCCCCCCC/C=C\CCCCCCCC)OCC(CCCN)O1. The van der Waals surface area contributed by atoms with Gasteiger partial charge in [0.1, 0.15) is 0 Å². The van der Waals surface area contributed by atoms with Crippen LogP contribution in [0, 0.1) is 0 Å². The van der Waals surface area contributed by atoms with Crippen molar-refractivity contribution in [2.45, 2.75) is 245 Å². The minimum atomic E-state index is -0.319. The number of ether oxygens (including phenoxy) is 2. The summed E-state index contributed by atoms with van der Waals surface area (Å²) in [6, 6.07) is 0. The van der Waals surface area contributed by atoms with Gasteiger partial charge >= 0.3 is 0 Å². The van der Waals surface area contributed by atoms with Crippen LogP contribution in [0.1, 0.15) is 233 Å². The van der Waals surface area contributed by atoms with Crippen LogP contribution in [0.3, 0.4) is 0 Å². The van der Waals surface area contributed by atoms with Crippen molar-refractivity contribution in [1.29, 1.82) is 0 Å². The maximum Gasteiger partial charge on any atom is 0.168 e. The molecule has 1 atom stereocenters. The predicted molar refractivity (Wildman–Crippen MR) is 211 cm³/mol. The van der Waals surface area contributed by atoms with E-state index in [1.54, 1.807) is 0 Å². The van der Waals surface area contributed by atoms with Crippen molar-refractivity contribution in [1.82, 2.24) is 0 Å². The molecule has 0 aromatic rings. The molecule has 280 valence electrons. The fourth-order valence-electron chi connectivity index (χ4n) is 6.78. The zero-order chi connectivity index (χ0) is 34.4. The topological polar surface area (TPSA) is 44.5 Å². The fraction of sp³-hybridized carbons (Fsp3) is 0.909. The molecule has 0 bridgehead atoms. The van der Waals surface area contributed by atoms with Gasteiger partial charge in [-0.3, -0.25) is 0 Å². The Morgan fingerprint density at radius 2 is 0.830 bits per heavy atom. The Labute approximate surface area is 297 Å². The Hall–Kier alpha value is -0.640. The van der Waals surface area contributed by atoms with Crippen molar-refractivity contribution in [3.8, 4) is 0 Å². The molecule has 1 unspecified atom stereocenters. The standard InChI is InChI=1S/C42H81NO2.C2H6/c1-3-5-7-9-11-13-15-17-19-21-23-25-27-29-31-33-37-42(44-40-41(45-42)36-35-39-43)38-34-32-30-28-26-24-22-20-18-16-14-12-10-8-6-4-2;1-2/h17-20,41H,3-16,21-40,43H2,1-2H3;1-2H3/b19-17-,20-18-;. The van der Waals surface area contributed by atoms with Gasteiger partial charge in [-0.1, -0.05) is 168 Å². The van der Waals surface area contributed by atoms with Crippen molar-refractivity contribution in [3.63, 3.8) is 0 Å². The number of allylic oxidation sites excluding steroid dienone is 4. The largest absolute Gasteiger partial charge is 0.347 e. The van der Waals surface area contributed by atoms with Crippen LogP contribution in [0.15, 0.2) is 24.3 Å². The van der Waals surface area contributed by atoms with E-state index in [9.17, 15) is 0 Å². The summed E-state index contributed by atoms with van der Waals surface area (Å²) in [6.07, 6.45) is 52.0. The van der Waals surface area contributed by atoms with E-state index in [0.717, 1.165) is 38.8 Å². The Balaban J connectivity index is 0.0000104. The van der Waals surface area contributed by atoms with Gasteiger partial charge in [0.25, 0.3) is 0 Å². The highest BCUT2D eigenvalue weighted by molar-refractivity contribution is 4.83. The van der Waals surface area contributed by atoms with E-state index >= 15 is 0 Å². The normalized spacial score (nSPS) is 16.0. The number of hydrogen-bond acceptors (Lipinski definition) is 3. The third-order valence-electron chi connectivity index (χ3n) is 9.78. The summed E-state index contributed by atoms with van der Waals surface area (Å²) < 4.78 is 13.0. The third kappa shape index (κ3) is 31.1. The van der Waals surface area contributed by atoms with E-state index in [1.165, 1.54) is 180 Å². The molecule has 3 nitrogen and oxygen atoms in total. The molecule has 0 spiro atoms. The number of nitrogens with two attached hydrogens (primary N) is 1. The molecule has 1 fully saturated rings. The quantitative estimate of drug-likeness (QED) is 0.0543. The average molecular weight is 662 g/mol. The highest BCUT2D eigenvalue weighted by atomic mass is 16.7. The van der Waals surface area contributed by atoms with Gasteiger partial charge in [-0.05, 0) is 83.6 Å². The van der Waals surface area contributed by atoms with E-state index in [4.69, 9.17) is 15.2 Å². The van der Waals surface area contributed by atoms with Crippen molar-refractivity contribution in [2.75, 3.05) is 13.2 Å². The van der Waals surface area contributed by atoms with Crippen LogP contribution in [0.2, 0.25) is 0 Å². The molecule has 1 aliphatic heterocycles. The highest BCUT2D eigenvalue weighted by Gasteiger charge is 2.40. The molecule has 3 heteroatoms. The summed E-state index contributed by atoms with van der Waals surface area (Å²) in [7, 11) is 0. The number of rotatable bonds is 35. The minimum Gasteiger partial charge on any atom is -0.347 e. The Kier molecular flexibility index (Phi) is 37.6. The van der Waals surface area contributed by atoms with Crippen LogP contribution < -0.4 is 5.73 Å². The lowest BCUT2D eigenvalue weighted by molar-refractivity contribution is -0.180. The summed E-state index contributed by atoms with van der Waals surface area (Å²) in [5.74, 6) is -0.319. The van der Waals surface area contributed by atoms with E-state index in [1.807, 2.05) is 13.8 Å². The van der Waals surface area contributed by atoms with Gasteiger partial charge in [0, 0.05) is 12.8 Å². The van der Waals surface area contributed by atoms with Crippen LogP contribution in [0.25, 0.3) is 0 Å². The van der Waals surface area contributed by atoms with Crippen molar-refractivity contribution >= 4 is 0 Å². The smallest absolute Gasteiger partial charge is 0.168 e. The first-order valence-corrected chi connectivity index (χ1v) is 21.6. The van der Waals surface area contributed by atoms with Crippen LogP contribution >= 0.6 is 0 Å². The zero-order valence-electron chi connectivity index (χ0n) is 32.8. The van der Waals surface area contributed by atoms with Crippen molar-refractivity contribution in [3.05, 3.63) is 24.3 Å². The molecule has 1 heterocycles. The lowest BCUT2D eigenvalue weighted by atomic mass is 9.98. The van der Waals surface area contributed by atoms with Gasteiger partial charge in [-0.2, -0.15) is 0 Å². The monoisotopic (exact) mass is 662 g/mol. The van der Waals surface area contributed by atoms with Crippen molar-refractivity contribution < 1.29 is 9.47 Å². The maximum atomic E-state index is 6.61. The molecule has 0 aliphatic carbocycles. The van der Waals surface area contributed by atoms with Crippen LogP contribution in [-0.2, 0) is 9.47 Å². The molecule has 1 aliphatic rings. The molecule has 0 aromatic heterocycles. The summed E-state index contributed by atoms with van der Waals surface area (Å²) in [4.78, 5) is 0. The number of unbranched alkanes of at least 4 members (excludes halogenated alkanes) is 24. The van der Waals surface area contributed by atoms with Gasteiger partial charge in [0.2, 0.25) is 0 Å². The Morgan fingerprint density at radius 3 is 1.19 bits per heavy atom. The van der Waals surface area contributed by atoms with Gasteiger partial charge in [0.05, 0.1) is 12.7 Å². The molecule has 0 amide bonds. The molecule has 1 saturated heterocycles. The van der Waals surface area contributed by atoms with Crippen LogP contribution in [-0.4, -0.2) is 25.0 Å². The van der Waals surface area contributed by atoms with E-state index in [-0.39, 0.29) is 11.9 Å². The molecule has 1 rings (SSSR count). The first-order chi connectivity index (χ1) is 23.3. The Bertz CT molecular complexity index is 603. The first-order valence-electron chi connectivity index (χ1n) is 21.6. The maximum absolute atomic E-state index is 6.61. The average Bonchev–Trinajstić information content (AvgIpc) is 3.50. The predicted octanol–water partition coefficient (Wildman–Crippen LogP) is 14.7. The van der Waals surface area contributed by atoms with Crippen LogP contribution in [0.4, 0.5) is 0 Å². The summed E-state index contributed by atoms with van der Waals surface area (Å²) in [6.45, 7) is 10.1. The van der Waals surface area contributed by atoms with Gasteiger partial charge in [-0.15, -0.1) is 0 Å².